The molecule has 0 spiro atoms. The first-order valence-corrected chi connectivity index (χ1v) is 8.66. The van der Waals surface area contributed by atoms with Crippen LogP contribution < -0.4 is 0 Å². The van der Waals surface area contributed by atoms with Crippen LogP contribution in [0.1, 0.15) is 28.6 Å². The van der Waals surface area contributed by atoms with Crippen LogP contribution in [0.25, 0.3) is 17.1 Å². The van der Waals surface area contributed by atoms with E-state index in [0.29, 0.717) is 13.1 Å². The van der Waals surface area contributed by atoms with E-state index in [1.54, 1.807) is 6.20 Å². The molecule has 0 fully saturated rings. The molecule has 4 aromatic rings. The molecule has 7 heteroatoms. The third kappa shape index (κ3) is 2.20. The smallest absolute Gasteiger partial charge is 0.171 e. The molecule has 5 rings (SSSR count). The summed E-state index contributed by atoms with van der Waals surface area (Å²) in [5.74, 6) is 2.65. The maximum absolute atomic E-state index is 4.87. The summed E-state index contributed by atoms with van der Waals surface area (Å²) in [4.78, 5) is 13.7. The van der Waals surface area contributed by atoms with Gasteiger partial charge in [0, 0.05) is 18.0 Å². The van der Waals surface area contributed by atoms with E-state index < -0.39 is 0 Å². The molecule has 1 aromatic carbocycles. The van der Waals surface area contributed by atoms with Crippen molar-refractivity contribution in [1.82, 2.24) is 33.9 Å². The van der Waals surface area contributed by atoms with Crippen molar-refractivity contribution in [3.63, 3.8) is 0 Å². The predicted octanol–water partition coefficient (Wildman–Crippen LogP) is 2.66. The number of imidazole rings is 2. The van der Waals surface area contributed by atoms with Gasteiger partial charge in [-0.3, -0.25) is 0 Å². The van der Waals surface area contributed by atoms with E-state index >= 15 is 0 Å². The number of hydrogen-bond donors (Lipinski definition) is 0. The maximum atomic E-state index is 4.87. The molecule has 0 radical (unpaired) electrons. The van der Waals surface area contributed by atoms with Crippen molar-refractivity contribution >= 4 is 0 Å². The van der Waals surface area contributed by atoms with Crippen molar-refractivity contribution in [3.05, 3.63) is 65.5 Å². The van der Waals surface area contributed by atoms with Gasteiger partial charge in [0.2, 0.25) is 0 Å². The summed E-state index contributed by atoms with van der Waals surface area (Å²) >= 11 is 0. The van der Waals surface area contributed by atoms with Crippen LogP contribution in [-0.4, -0.2) is 33.9 Å². The fourth-order valence-corrected chi connectivity index (χ4v) is 3.53. The van der Waals surface area contributed by atoms with Gasteiger partial charge in [-0.15, -0.1) is 0 Å². The molecule has 0 N–H and O–H groups in total. The average molecular weight is 345 g/mol. The number of hydrogen-bond acceptors (Lipinski definition) is 4. The van der Waals surface area contributed by atoms with Crippen molar-refractivity contribution in [1.29, 1.82) is 0 Å². The van der Waals surface area contributed by atoms with Crippen molar-refractivity contribution in [3.8, 4) is 17.1 Å². The quantitative estimate of drug-likeness (QED) is 0.493. The number of benzene rings is 1. The molecule has 0 unspecified atom stereocenters. The van der Waals surface area contributed by atoms with Gasteiger partial charge in [-0.2, -0.15) is 5.10 Å². The Balaban J connectivity index is 1.69. The molecule has 0 saturated heterocycles. The van der Waals surface area contributed by atoms with Gasteiger partial charge in [-0.25, -0.2) is 19.6 Å². The van der Waals surface area contributed by atoms with Crippen molar-refractivity contribution in [2.24, 2.45) is 0 Å². The molecule has 0 amide bonds. The lowest BCUT2D eigenvalue weighted by atomic mass is 10.1. The number of aryl methyl sites for hydroxylation is 3. The number of nitrogens with zero attached hydrogens (tertiary/aromatic N) is 7. The largest absolute Gasteiger partial charge is 0.327 e. The first-order valence-electron chi connectivity index (χ1n) is 8.66. The summed E-state index contributed by atoms with van der Waals surface area (Å²) in [7, 11) is 0. The second-order valence-electron chi connectivity index (χ2n) is 6.78. The SMILES string of the molecule is Cc1ccc2c(c1)-c1nc(Cn3ccnc3C)nn1Cc1c(C)ncn1-2. The van der Waals surface area contributed by atoms with Gasteiger partial charge in [0.15, 0.2) is 11.6 Å². The molecule has 0 saturated carbocycles. The Bertz CT molecular complexity index is 1130. The zero-order chi connectivity index (χ0) is 17.8. The van der Waals surface area contributed by atoms with Crippen LogP contribution in [0.4, 0.5) is 0 Å². The standard InChI is InChI=1S/C19H19N7/c1-12-4-5-16-15(8-12)19-22-18(10-24-7-6-20-14(24)3)23-26(19)9-17-13(2)21-11-25(16)17/h4-8,11H,9-10H2,1-3H3. The van der Waals surface area contributed by atoms with Gasteiger partial charge in [0.25, 0.3) is 0 Å². The fourth-order valence-electron chi connectivity index (χ4n) is 3.53. The maximum Gasteiger partial charge on any atom is 0.171 e. The summed E-state index contributed by atoms with van der Waals surface area (Å²) in [6.45, 7) is 7.40. The van der Waals surface area contributed by atoms with E-state index in [2.05, 4.69) is 44.2 Å². The Morgan fingerprint density at radius 3 is 2.81 bits per heavy atom. The second kappa shape index (κ2) is 5.39. The average Bonchev–Trinajstić information content (AvgIpc) is 3.28. The van der Waals surface area contributed by atoms with E-state index in [0.717, 1.165) is 40.1 Å². The van der Waals surface area contributed by atoms with Crippen molar-refractivity contribution in [2.45, 2.75) is 33.9 Å². The summed E-state index contributed by atoms with van der Waals surface area (Å²) in [5, 5.41) is 4.79. The summed E-state index contributed by atoms with van der Waals surface area (Å²) in [6.07, 6.45) is 5.65. The minimum Gasteiger partial charge on any atom is -0.327 e. The lowest BCUT2D eigenvalue weighted by molar-refractivity contribution is 0.643. The summed E-state index contributed by atoms with van der Waals surface area (Å²) in [6, 6.07) is 6.44. The number of rotatable bonds is 2. The van der Waals surface area contributed by atoms with E-state index in [9.17, 15) is 0 Å². The lowest BCUT2D eigenvalue weighted by Gasteiger charge is -2.09. The second-order valence-corrected chi connectivity index (χ2v) is 6.78. The zero-order valence-corrected chi connectivity index (χ0v) is 15.0. The Labute approximate surface area is 151 Å². The molecule has 1 aliphatic heterocycles. The molecular weight excluding hydrogens is 326 g/mol. The van der Waals surface area contributed by atoms with E-state index in [1.807, 2.05) is 31.1 Å². The van der Waals surface area contributed by atoms with Crippen LogP contribution in [0.3, 0.4) is 0 Å². The van der Waals surface area contributed by atoms with Crippen molar-refractivity contribution in [2.75, 3.05) is 0 Å². The Hall–Kier alpha value is -3.22. The molecule has 130 valence electrons. The van der Waals surface area contributed by atoms with Crippen LogP contribution in [0.5, 0.6) is 0 Å². The predicted molar refractivity (Wildman–Crippen MR) is 97.2 cm³/mol. The summed E-state index contributed by atoms with van der Waals surface area (Å²) < 4.78 is 6.20. The topological polar surface area (TPSA) is 66.3 Å². The fraction of sp³-hybridized carbons (Fsp3) is 0.263. The first kappa shape index (κ1) is 15.1. The van der Waals surface area contributed by atoms with Crippen molar-refractivity contribution < 1.29 is 0 Å². The molecule has 7 nitrogen and oxygen atoms in total. The van der Waals surface area contributed by atoms with E-state index in [-0.39, 0.29) is 0 Å². The first-order chi connectivity index (χ1) is 12.6. The molecule has 1 aliphatic rings. The molecule has 3 aromatic heterocycles. The molecule has 26 heavy (non-hydrogen) atoms. The number of aromatic nitrogens is 7. The lowest BCUT2D eigenvalue weighted by Crippen LogP contribution is -2.07. The highest BCUT2D eigenvalue weighted by Crippen LogP contribution is 2.32. The highest BCUT2D eigenvalue weighted by atomic mass is 15.4. The minimum absolute atomic E-state index is 0.616. The molecule has 0 aliphatic carbocycles. The van der Waals surface area contributed by atoms with Crippen LogP contribution >= 0.6 is 0 Å². The Morgan fingerprint density at radius 1 is 1.12 bits per heavy atom. The Morgan fingerprint density at radius 2 is 2.00 bits per heavy atom. The van der Waals surface area contributed by atoms with Gasteiger partial charge in [0.1, 0.15) is 5.82 Å². The monoisotopic (exact) mass is 345 g/mol. The van der Waals surface area contributed by atoms with Gasteiger partial charge >= 0.3 is 0 Å². The zero-order valence-electron chi connectivity index (χ0n) is 15.0. The third-order valence-electron chi connectivity index (χ3n) is 4.98. The van der Waals surface area contributed by atoms with E-state index in [4.69, 9.17) is 10.1 Å². The normalized spacial score (nSPS) is 12.4. The van der Waals surface area contributed by atoms with Crippen LogP contribution in [-0.2, 0) is 13.1 Å². The highest BCUT2D eigenvalue weighted by molar-refractivity contribution is 5.70. The molecule has 0 bridgehead atoms. The minimum atomic E-state index is 0.616. The highest BCUT2D eigenvalue weighted by Gasteiger charge is 2.24. The van der Waals surface area contributed by atoms with Gasteiger partial charge in [0.05, 0.1) is 36.5 Å². The summed E-state index contributed by atoms with van der Waals surface area (Å²) in [5.41, 5.74) is 5.55. The van der Waals surface area contributed by atoms with Gasteiger partial charge in [-0.1, -0.05) is 11.6 Å². The molecule has 0 atom stereocenters. The van der Waals surface area contributed by atoms with Crippen LogP contribution in [0.2, 0.25) is 0 Å². The van der Waals surface area contributed by atoms with Gasteiger partial charge in [-0.05, 0) is 32.9 Å². The van der Waals surface area contributed by atoms with Gasteiger partial charge < -0.3 is 9.13 Å². The molecule has 4 heterocycles. The van der Waals surface area contributed by atoms with Crippen LogP contribution in [0, 0.1) is 20.8 Å². The number of fused-ring (bicyclic) bond motifs is 5. The third-order valence-corrected chi connectivity index (χ3v) is 4.98. The Kier molecular flexibility index (Phi) is 3.12. The molecular formula is C19H19N7. The van der Waals surface area contributed by atoms with Crippen LogP contribution in [0.15, 0.2) is 36.9 Å². The van der Waals surface area contributed by atoms with E-state index in [1.165, 1.54) is 5.56 Å².